The second kappa shape index (κ2) is 13.3. The quantitative estimate of drug-likeness (QED) is 0.191. The third-order valence-electron chi connectivity index (χ3n) is 7.32. The molecule has 1 atom stereocenters. The molecule has 4 aromatic rings. The van der Waals surface area contributed by atoms with E-state index < -0.39 is 12.0 Å². The van der Waals surface area contributed by atoms with Gasteiger partial charge in [-0.2, -0.15) is 0 Å². The van der Waals surface area contributed by atoms with Gasteiger partial charge < -0.3 is 14.2 Å². The van der Waals surface area contributed by atoms with Crippen molar-refractivity contribution >= 4 is 39.3 Å². The maximum Gasteiger partial charge on any atom is 0.338 e. The van der Waals surface area contributed by atoms with Crippen LogP contribution in [0, 0.1) is 5.82 Å². The molecule has 7 nitrogen and oxygen atoms in total. The lowest BCUT2D eigenvalue weighted by Gasteiger charge is -2.25. The highest BCUT2D eigenvalue weighted by Crippen LogP contribution is 2.38. The Kier molecular flexibility index (Phi) is 9.51. The minimum atomic E-state index is -0.691. The number of methoxy groups -OCH3 is 1. The van der Waals surface area contributed by atoms with Gasteiger partial charge in [0.1, 0.15) is 12.4 Å². The fourth-order valence-electron chi connectivity index (χ4n) is 5.05. The smallest absolute Gasteiger partial charge is 0.338 e. The van der Waals surface area contributed by atoms with Crippen LogP contribution in [0.3, 0.4) is 0 Å². The number of aromatic nitrogens is 1. The zero-order valence-electron chi connectivity index (χ0n) is 25.0. The van der Waals surface area contributed by atoms with Crippen molar-refractivity contribution in [3.63, 3.8) is 0 Å². The van der Waals surface area contributed by atoms with E-state index in [9.17, 15) is 14.0 Å². The Morgan fingerprint density at radius 1 is 1.16 bits per heavy atom. The number of hydrogen-bond donors (Lipinski definition) is 0. The van der Waals surface area contributed by atoms with Crippen molar-refractivity contribution in [1.82, 2.24) is 4.57 Å². The van der Waals surface area contributed by atoms with Crippen LogP contribution in [0.5, 0.6) is 11.5 Å². The van der Waals surface area contributed by atoms with Crippen molar-refractivity contribution in [3.05, 3.63) is 124 Å². The molecule has 1 aliphatic heterocycles. The van der Waals surface area contributed by atoms with Crippen molar-refractivity contribution in [2.45, 2.75) is 46.3 Å². The summed E-state index contributed by atoms with van der Waals surface area (Å²) < 4.78 is 33.6. The van der Waals surface area contributed by atoms with Crippen molar-refractivity contribution in [3.8, 4) is 11.5 Å². The van der Waals surface area contributed by atoms with Gasteiger partial charge in [0.25, 0.3) is 5.56 Å². The van der Waals surface area contributed by atoms with Crippen LogP contribution in [0.2, 0.25) is 0 Å². The highest BCUT2D eigenvalue weighted by Gasteiger charge is 2.33. The number of esters is 1. The maximum atomic E-state index is 14.1. The Hall–Kier alpha value is -4.02. The number of allylic oxidation sites excluding steroid dienone is 1. The topological polar surface area (TPSA) is 79.1 Å². The molecule has 0 N–H and O–H groups in total. The van der Waals surface area contributed by atoms with E-state index in [1.54, 1.807) is 54.8 Å². The summed E-state index contributed by atoms with van der Waals surface area (Å²) in [6.07, 6.45) is 1.75. The Morgan fingerprint density at radius 2 is 1.89 bits per heavy atom. The largest absolute Gasteiger partial charge is 0.493 e. The van der Waals surface area contributed by atoms with Gasteiger partial charge in [-0.05, 0) is 76.7 Å². The number of halogens is 2. The molecule has 0 saturated heterocycles. The van der Waals surface area contributed by atoms with Gasteiger partial charge in [0.15, 0.2) is 16.3 Å². The molecule has 0 fully saturated rings. The van der Waals surface area contributed by atoms with E-state index in [1.165, 1.54) is 24.5 Å². The molecule has 44 heavy (non-hydrogen) atoms. The lowest BCUT2D eigenvalue weighted by molar-refractivity contribution is -0.139. The van der Waals surface area contributed by atoms with Gasteiger partial charge in [-0.15, -0.1) is 0 Å². The van der Waals surface area contributed by atoms with Crippen molar-refractivity contribution in [1.29, 1.82) is 0 Å². The first-order valence-electron chi connectivity index (χ1n) is 14.2. The number of nitrogens with zero attached hydrogens (tertiary/aromatic N) is 2. The van der Waals surface area contributed by atoms with E-state index in [4.69, 9.17) is 14.2 Å². The minimum Gasteiger partial charge on any atom is -0.493 e. The predicted molar refractivity (Wildman–Crippen MR) is 172 cm³/mol. The molecule has 0 radical (unpaired) electrons. The normalized spacial score (nSPS) is 14.8. The number of carbonyl (C=O) groups excluding carboxylic acids is 1. The minimum absolute atomic E-state index is 0.0138. The van der Waals surface area contributed by atoms with Gasteiger partial charge in [-0.3, -0.25) is 9.36 Å². The van der Waals surface area contributed by atoms with E-state index in [1.807, 2.05) is 24.3 Å². The number of fused-ring (bicyclic) bond motifs is 1. The van der Waals surface area contributed by atoms with Crippen LogP contribution >= 0.6 is 27.3 Å². The van der Waals surface area contributed by atoms with Crippen LogP contribution in [-0.2, 0) is 16.1 Å². The maximum absolute atomic E-state index is 14.1. The molecule has 0 bridgehead atoms. The highest BCUT2D eigenvalue weighted by atomic mass is 79.9. The summed E-state index contributed by atoms with van der Waals surface area (Å²) in [7, 11) is 1.51. The number of thiazole rings is 1. The Labute approximate surface area is 267 Å². The first-order valence-corrected chi connectivity index (χ1v) is 15.8. The molecule has 5 rings (SSSR count). The monoisotopic (exact) mass is 678 g/mol. The molecule has 1 unspecified atom stereocenters. The molecular weight excluding hydrogens is 647 g/mol. The molecule has 0 spiro atoms. The van der Waals surface area contributed by atoms with Gasteiger partial charge in [-0.1, -0.05) is 67.6 Å². The van der Waals surface area contributed by atoms with Crippen LogP contribution in [0.15, 0.2) is 86.2 Å². The number of carbonyl (C=O) groups is 1. The van der Waals surface area contributed by atoms with E-state index in [0.717, 1.165) is 11.1 Å². The molecular formula is C34H32BrFN2O5S. The zero-order valence-corrected chi connectivity index (χ0v) is 27.4. The summed E-state index contributed by atoms with van der Waals surface area (Å²) in [6, 6.07) is 17.2. The average Bonchev–Trinajstić information content (AvgIpc) is 3.30. The van der Waals surface area contributed by atoms with Crippen molar-refractivity contribution < 1.29 is 23.4 Å². The summed E-state index contributed by atoms with van der Waals surface area (Å²) in [5.74, 6) is 0.304. The summed E-state index contributed by atoms with van der Waals surface area (Å²) in [6.45, 7) is 7.96. The first kappa shape index (κ1) is 31.4. The highest BCUT2D eigenvalue weighted by molar-refractivity contribution is 9.10. The predicted octanol–water partition coefficient (Wildman–Crippen LogP) is 6.41. The van der Waals surface area contributed by atoms with E-state index in [-0.39, 0.29) is 24.6 Å². The summed E-state index contributed by atoms with van der Waals surface area (Å²) >= 11 is 4.79. The molecule has 0 amide bonds. The van der Waals surface area contributed by atoms with Gasteiger partial charge in [0, 0.05) is 5.56 Å². The second-order valence-electron chi connectivity index (χ2n) is 10.5. The van der Waals surface area contributed by atoms with Crippen molar-refractivity contribution in [2.75, 3.05) is 13.7 Å². The number of rotatable bonds is 9. The molecule has 0 saturated carbocycles. The van der Waals surface area contributed by atoms with E-state index in [0.29, 0.717) is 53.6 Å². The molecule has 228 valence electrons. The van der Waals surface area contributed by atoms with E-state index >= 15 is 0 Å². The van der Waals surface area contributed by atoms with Crippen LogP contribution < -0.4 is 24.4 Å². The van der Waals surface area contributed by atoms with Gasteiger partial charge in [0.2, 0.25) is 0 Å². The van der Waals surface area contributed by atoms with Crippen molar-refractivity contribution in [2.24, 2.45) is 4.99 Å². The van der Waals surface area contributed by atoms with Crippen LogP contribution in [-0.4, -0.2) is 24.3 Å². The molecule has 1 aromatic heterocycles. The number of ether oxygens (including phenoxy) is 3. The second-order valence-corrected chi connectivity index (χ2v) is 12.4. The summed E-state index contributed by atoms with van der Waals surface area (Å²) in [4.78, 5) is 32.3. The van der Waals surface area contributed by atoms with E-state index in [2.05, 4.69) is 34.8 Å². The van der Waals surface area contributed by atoms with Crippen LogP contribution in [0.4, 0.5) is 4.39 Å². The molecule has 10 heteroatoms. The SMILES string of the molecule is CCOC(=O)C1=C(C)N=c2sc(=Cc3cc(Br)c(OCc4ccccc4F)c(OC)c3)c(=O)n2C1c1ccc(C(C)C)cc1. The van der Waals surface area contributed by atoms with Gasteiger partial charge in [-0.25, -0.2) is 14.2 Å². The third-order valence-corrected chi connectivity index (χ3v) is 8.89. The number of benzene rings is 3. The summed E-state index contributed by atoms with van der Waals surface area (Å²) in [5, 5.41) is 0. The third kappa shape index (κ3) is 6.27. The molecule has 3 aromatic carbocycles. The van der Waals surface area contributed by atoms with Gasteiger partial charge in [0.05, 0.1) is 40.0 Å². The lowest BCUT2D eigenvalue weighted by Crippen LogP contribution is -2.39. The zero-order chi connectivity index (χ0) is 31.5. The average molecular weight is 680 g/mol. The lowest BCUT2D eigenvalue weighted by atomic mass is 9.93. The summed E-state index contributed by atoms with van der Waals surface area (Å²) in [5.41, 5.74) is 3.60. The fourth-order valence-corrected chi connectivity index (χ4v) is 6.67. The fraction of sp³-hybridized carbons (Fsp3) is 0.265. The Balaban J connectivity index is 1.58. The molecule has 1 aliphatic rings. The Bertz CT molecular complexity index is 1930. The van der Waals surface area contributed by atoms with Gasteiger partial charge >= 0.3 is 5.97 Å². The Morgan fingerprint density at radius 3 is 2.55 bits per heavy atom. The standard InChI is InChI=1S/C34H32BrFN2O5S/c1-6-42-33(40)29-20(4)37-34-38(30(29)23-13-11-22(12-14-23)19(2)3)32(39)28(44-34)17-21-15-25(35)31(27(16-21)41-5)43-18-24-9-7-8-10-26(24)36/h7-17,19,30H,6,18H2,1-5H3. The molecule has 0 aliphatic carbocycles. The first-order chi connectivity index (χ1) is 21.1. The molecule has 2 heterocycles. The number of hydrogen-bond acceptors (Lipinski definition) is 7. The van der Waals surface area contributed by atoms with Crippen LogP contribution in [0.1, 0.15) is 61.9 Å². The van der Waals surface area contributed by atoms with Crippen LogP contribution in [0.25, 0.3) is 6.08 Å².